The highest BCUT2D eigenvalue weighted by Crippen LogP contribution is 2.40. The molecule has 0 N–H and O–H groups in total. The lowest BCUT2D eigenvalue weighted by Crippen LogP contribution is -2.27. The van der Waals surface area contributed by atoms with Gasteiger partial charge in [-0.25, -0.2) is 9.59 Å². The highest BCUT2D eigenvalue weighted by Gasteiger charge is 2.26. The first kappa shape index (κ1) is 24.1. The number of fused-ring (bicyclic) bond motifs is 1. The average molecular weight is 490 g/mol. The molecule has 11 heteroatoms. The van der Waals surface area contributed by atoms with Crippen molar-refractivity contribution < 1.29 is 33.6 Å². The number of esters is 2. The molecule has 1 aliphatic rings. The highest BCUT2D eigenvalue weighted by atomic mass is 16.6. The lowest BCUT2D eigenvalue weighted by Gasteiger charge is -2.28. The Morgan fingerprint density at radius 3 is 1.67 bits per heavy atom. The summed E-state index contributed by atoms with van der Waals surface area (Å²) in [7, 11) is 0. The molecule has 1 heterocycles. The van der Waals surface area contributed by atoms with Crippen molar-refractivity contribution in [1.82, 2.24) is 0 Å². The van der Waals surface area contributed by atoms with Crippen LogP contribution in [0.3, 0.4) is 0 Å². The Bertz CT molecular complexity index is 1410. The smallest absolute Gasteiger partial charge is 0.343 e. The van der Waals surface area contributed by atoms with Crippen molar-refractivity contribution in [1.29, 1.82) is 0 Å². The molecule has 0 atom stereocenters. The predicted molar refractivity (Wildman–Crippen MR) is 126 cm³/mol. The van der Waals surface area contributed by atoms with E-state index in [1.807, 2.05) is 13.8 Å². The zero-order valence-electron chi connectivity index (χ0n) is 19.0. The minimum Gasteiger partial charge on any atom is -0.483 e. The molecule has 0 aromatic heterocycles. The van der Waals surface area contributed by atoms with E-state index in [0.29, 0.717) is 11.3 Å². The molecule has 3 aromatic rings. The molecule has 11 nitrogen and oxygen atoms in total. The van der Waals surface area contributed by atoms with E-state index >= 15 is 0 Å². The van der Waals surface area contributed by atoms with Gasteiger partial charge in [0.25, 0.3) is 11.4 Å². The van der Waals surface area contributed by atoms with Crippen molar-refractivity contribution in [3.05, 3.63) is 104 Å². The fraction of sp³-hybridized carbons (Fsp3) is 0.120. The number of hydrogen-bond acceptors (Lipinski definition) is 9. The molecule has 0 unspecified atom stereocenters. The molecule has 1 aliphatic heterocycles. The molecular weight excluding hydrogens is 472 g/mol. The zero-order chi connectivity index (χ0) is 26.0. The van der Waals surface area contributed by atoms with Gasteiger partial charge in [0.1, 0.15) is 11.4 Å². The Kier molecular flexibility index (Phi) is 6.22. The van der Waals surface area contributed by atoms with E-state index in [1.165, 1.54) is 36.4 Å². The molecule has 0 bridgehead atoms. The molecular formula is C25H18N2O9. The summed E-state index contributed by atoms with van der Waals surface area (Å²) >= 11 is 0. The number of rotatable bonds is 6. The van der Waals surface area contributed by atoms with Crippen LogP contribution >= 0.6 is 0 Å². The van der Waals surface area contributed by atoms with Crippen LogP contribution in [0.4, 0.5) is 11.4 Å². The molecule has 0 spiro atoms. The number of carbonyl (C=O) groups excluding carboxylic acids is 2. The van der Waals surface area contributed by atoms with Gasteiger partial charge in [0.05, 0.1) is 21.0 Å². The molecule has 182 valence electrons. The maximum Gasteiger partial charge on any atom is 0.343 e. The first-order chi connectivity index (χ1) is 17.0. The largest absolute Gasteiger partial charge is 0.483 e. The summed E-state index contributed by atoms with van der Waals surface area (Å²) in [6.07, 6.45) is 3.57. The first-order valence-corrected chi connectivity index (χ1v) is 10.5. The van der Waals surface area contributed by atoms with Crippen LogP contribution in [0.1, 0.15) is 40.1 Å². The van der Waals surface area contributed by atoms with Crippen LogP contribution in [0, 0.1) is 20.2 Å². The van der Waals surface area contributed by atoms with Gasteiger partial charge in [-0.1, -0.05) is 6.08 Å². The van der Waals surface area contributed by atoms with Crippen LogP contribution in [0.25, 0.3) is 6.08 Å². The number of hydrogen-bond donors (Lipinski definition) is 0. The molecule has 0 saturated heterocycles. The van der Waals surface area contributed by atoms with E-state index < -0.39 is 27.4 Å². The third kappa shape index (κ3) is 5.20. The highest BCUT2D eigenvalue weighted by molar-refractivity contribution is 5.94. The monoisotopic (exact) mass is 490 g/mol. The average Bonchev–Trinajstić information content (AvgIpc) is 2.84. The Labute approximate surface area is 203 Å². The normalized spacial score (nSPS) is 13.2. The third-order valence-electron chi connectivity index (χ3n) is 5.15. The second-order valence-electron chi connectivity index (χ2n) is 8.26. The number of non-ortho nitro benzene ring substituents is 2. The summed E-state index contributed by atoms with van der Waals surface area (Å²) in [5.74, 6) is -1.52. The van der Waals surface area contributed by atoms with Crippen molar-refractivity contribution in [2.45, 2.75) is 19.4 Å². The minimum absolute atomic E-state index is 0.0344. The standard InChI is InChI=1S/C25H18N2O9/c1-25(2)12-11-17-13-21(34-23(28)15-3-7-18(8-4-15)26(30)31)22(14-20(17)36-25)35-24(29)16-5-9-19(10-6-16)27(32)33/h3-14H,1-2H3. The summed E-state index contributed by atoms with van der Waals surface area (Å²) in [6.45, 7) is 3.66. The van der Waals surface area contributed by atoms with Crippen molar-refractivity contribution >= 4 is 29.4 Å². The van der Waals surface area contributed by atoms with Crippen LogP contribution in [-0.2, 0) is 0 Å². The number of nitro benzene ring substituents is 2. The molecule has 0 radical (unpaired) electrons. The number of nitrogens with zero attached hydrogens (tertiary/aromatic N) is 2. The van der Waals surface area contributed by atoms with Gasteiger partial charge in [-0.15, -0.1) is 0 Å². The van der Waals surface area contributed by atoms with E-state index in [2.05, 4.69) is 0 Å². The zero-order valence-corrected chi connectivity index (χ0v) is 19.0. The van der Waals surface area contributed by atoms with Crippen LogP contribution in [-0.4, -0.2) is 27.4 Å². The van der Waals surface area contributed by atoms with Crippen LogP contribution in [0.15, 0.2) is 66.7 Å². The Hall–Kier alpha value is -5.06. The number of ether oxygens (including phenoxy) is 3. The summed E-state index contributed by atoms with van der Waals surface area (Å²) in [4.78, 5) is 46.0. The van der Waals surface area contributed by atoms with Crippen molar-refractivity contribution in [2.75, 3.05) is 0 Å². The van der Waals surface area contributed by atoms with E-state index in [-0.39, 0.29) is 34.0 Å². The summed E-state index contributed by atoms with van der Waals surface area (Å²) in [6, 6.07) is 12.5. The van der Waals surface area contributed by atoms with Crippen molar-refractivity contribution in [3.8, 4) is 17.2 Å². The van der Waals surface area contributed by atoms with Gasteiger partial charge in [0.15, 0.2) is 11.5 Å². The van der Waals surface area contributed by atoms with Crippen LogP contribution < -0.4 is 14.2 Å². The number of nitro groups is 2. The maximum atomic E-state index is 12.7. The molecule has 0 amide bonds. The maximum absolute atomic E-state index is 12.7. The number of benzene rings is 3. The van der Waals surface area contributed by atoms with E-state index in [0.717, 1.165) is 24.3 Å². The predicted octanol–water partition coefficient (Wildman–Crippen LogP) is 5.13. The van der Waals surface area contributed by atoms with Crippen molar-refractivity contribution in [2.24, 2.45) is 0 Å². The fourth-order valence-electron chi connectivity index (χ4n) is 3.30. The first-order valence-electron chi connectivity index (χ1n) is 10.5. The van der Waals surface area contributed by atoms with Gasteiger partial charge >= 0.3 is 11.9 Å². The van der Waals surface area contributed by atoms with Gasteiger partial charge in [0, 0.05) is 35.9 Å². The van der Waals surface area contributed by atoms with Gasteiger partial charge in [-0.3, -0.25) is 20.2 Å². The molecule has 0 aliphatic carbocycles. The minimum atomic E-state index is -0.844. The van der Waals surface area contributed by atoms with Crippen LogP contribution in [0.2, 0.25) is 0 Å². The Balaban J connectivity index is 1.65. The van der Waals surface area contributed by atoms with E-state index in [4.69, 9.17) is 14.2 Å². The van der Waals surface area contributed by atoms with Gasteiger partial charge < -0.3 is 14.2 Å². The SMILES string of the molecule is CC1(C)C=Cc2cc(OC(=O)c3ccc([N+](=O)[O-])cc3)c(OC(=O)c3ccc([N+](=O)[O-])cc3)cc2O1. The van der Waals surface area contributed by atoms with E-state index in [9.17, 15) is 29.8 Å². The van der Waals surface area contributed by atoms with Crippen molar-refractivity contribution in [3.63, 3.8) is 0 Å². The summed E-state index contributed by atoms with van der Waals surface area (Å²) in [5.41, 5.74) is -0.380. The second-order valence-corrected chi connectivity index (χ2v) is 8.26. The van der Waals surface area contributed by atoms with E-state index in [1.54, 1.807) is 12.2 Å². The quantitative estimate of drug-likeness (QED) is 0.198. The van der Waals surface area contributed by atoms with Gasteiger partial charge in [-0.2, -0.15) is 0 Å². The van der Waals surface area contributed by atoms with Gasteiger partial charge in [0.2, 0.25) is 0 Å². The Morgan fingerprint density at radius 1 is 0.778 bits per heavy atom. The molecule has 3 aromatic carbocycles. The fourth-order valence-corrected chi connectivity index (χ4v) is 3.30. The lowest BCUT2D eigenvalue weighted by atomic mass is 10.0. The number of carbonyl (C=O) groups is 2. The Morgan fingerprint density at radius 2 is 1.22 bits per heavy atom. The van der Waals surface area contributed by atoms with Crippen LogP contribution in [0.5, 0.6) is 17.2 Å². The molecule has 0 saturated carbocycles. The molecule has 36 heavy (non-hydrogen) atoms. The summed E-state index contributed by atoms with van der Waals surface area (Å²) < 4.78 is 16.9. The topological polar surface area (TPSA) is 148 Å². The molecule has 0 fully saturated rings. The molecule has 4 rings (SSSR count). The lowest BCUT2D eigenvalue weighted by molar-refractivity contribution is -0.385. The second kappa shape index (κ2) is 9.29. The summed E-state index contributed by atoms with van der Waals surface area (Å²) in [5, 5.41) is 21.7. The third-order valence-corrected chi connectivity index (χ3v) is 5.15. The van der Waals surface area contributed by atoms with Gasteiger partial charge in [-0.05, 0) is 50.3 Å².